The lowest BCUT2D eigenvalue weighted by molar-refractivity contribution is -0.0151. The minimum atomic E-state index is 0.333. The normalized spacial score (nSPS) is 28.4. The topological polar surface area (TPSA) is 27.7 Å². The third kappa shape index (κ3) is 3.20. The molecule has 0 atom stereocenters. The van der Waals surface area contributed by atoms with E-state index in [1.807, 2.05) is 19.9 Å². The van der Waals surface area contributed by atoms with Crippen LogP contribution >= 0.6 is 0 Å². The van der Waals surface area contributed by atoms with Crippen molar-refractivity contribution in [3.05, 3.63) is 23.0 Å². The highest BCUT2D eigenvalue weighted by Gasteiger charge is 2.05. The molecular formula is C10H16O3. The molecule has 1 rings (SSSR count). The second-order valence-corrected chi connectivity index (χ2v) is 3.10. The second kappa shape index (κ2) is 5.04. The fourth-order valence-electron chi connectivity index (χ4n) is 1.15. The molecule has 0 aromatic rings. The van der Waals surface area contributed by atoms with Crippen molar-refractivity contribution in [1.82, 2.24) is 0 Å². The van der Waals surface area contributed by atoms with Crippen LogP contribution in [0.1, 0.15) is 13.8 Å². The van der Waals surface area contributed by atoms with Crippen molar-refractivity contribution in [2.45, 2.75) is 13.8 Å². The molecule has 13 heavy (non-hydrogen) atoms. The summed E-state index contributed by atoms with van der Waals surface area (Å²) in [6, 6.07) is 0. The van der Waals surface area contributed by atoms with Crippen LogP contribution in [0.25, 0.3) is 0 Å². The van der Waals surface area contributed by atoms with Crippen LogP contribution in [0.4, 0.5) is 0 Å². The van der Waals surface area contributed by atoms with Gasteiger partial charge in [-0.25, -0.2) is 0 Å². The standard InChI is InChI=1S/C10H16O3/c1-8-5-12-7-13-9(2)4-10(8)6-11-3/h4H,5-7H2,1-3H3/b9-4+,10-8+. The molecule has 0 aromatic carbocycles. The molecule has 0 unspecified atom stereocenters. The highest BCUT2D eigenvalue weighted by molar-refractivity contribution is 5.27. The van der Waals surface area contributed by atoms with Crippen molar-refractivity contribution >= 4 is 0 Å². The average Bonchev–Trinajstić information content (AvgIpc) is 2.09. The summed E-state index contributed by atoms with van der Waals surface area (Å²) >= 11 is 0. The molecule has 1 heterocycles. The minimum Gasteiger partial charge on any atom is -0.472 e. The number of methoxy groups -OCH3 is 1. The van der Waals surface area contributed by atoms with Gasteiger partial charge in [-0.1, -0.05) is 0 Å². The van der Waals surface area contributed by atoms with Gasteiger partial charge in [0.1, 0.15) is 0 Å². The Morgan fingerprint density at radius 1 is 1.46 bits per heavy atom. The summed E-state index contributed by atoms with van der Waals surface area (Å²) in [6.07, 6.45) is 2.00. The molecule has 74 valence electrons. The van der Waals surface area contributed by atoms with E-state index in [-0.39, 0.29) is 0 Å². The minimum absolute atomic E-state index is 0.333. The zero-order chi connectivity index (χ0) is 9.68. The van der Waals surface area contributed by atoms with E-state index in [1.54, 1.807) is 7.11 Å². The Hall–Kier alpha value is -0.800. The first kappa shape index (κ1) is 10.3. The molecular weight excluding hydrogens is 168 g/mol. The number of ether oxygens (including phenoxy) is 3. The van der Waals surface area contributed by atoms with Gasteiger partial charge in [-0.05, 0) is 31.1 Å². The van der Waals surface area contributed by atoms with Crippen LogP contribution < -0.4 is 0 Å². The molecule has 0 aliphatic carbocycles. The van der Waals surface area contributed by atoms with Gasteiger partial charge in [0.15, 0.2) is 6.79 Å². The molecule has 1 aliphatic heterocycles. The Labute approximate surface area is 79.0 Å². The summed E-state index contributed by atoms with van der Waals surface area (Å²) in [7, 11) is 1.68. The van der Waals surface area contributed by atoms with Crippen LogP contribution in [0, 0.1) is 0 Å². The number of hydrogen-bond acceptors (Lipinski definition) is 3. The average molecular weight is 184 g/mol. The van der Waals surface area contributed by atoms with Gasteiger partial charge in [-0.15, -0.1) is 0 Å². The first-order chi connectivity index (χ1) is 6.24. The van der Waals surface area contributed by atoms with Gasteiger partial charge < -0.3 is 14.2 Å². The van der Waals surface area contributed by atoms with Gasteiger partial charge in [0.25, 0.3) is 0 Å². The number of allylic oxidation sites excluding steroid dienone is 1. The van der Waals surface area contributed by atoms with E-state index in [1.165, 1.54) is 5.57 Å². The van der Waals surface area contributed by atoms with E-state index in [4.69, 9.17) is 14.2 Å². The first-order valence-corrected chi connectivity index (χ1v) is 4.30. The molecule has 0 radical (unpaired) electrons. The summed E-state index contributed by atoms with van der Waals surface area (Å²) < 4.78 is 15.6. The largest absolute Gasteiger partial charge is 0.472 e. The fourth-order valence-corrected chi connectivity index (χ4v) is 1.15. The van der Waals surface area contributed by atoms with Crippen LogP contribution in [-0.2, 0) is 14.2 Å². The number of rotatable bonds is 2. The van der Waals surface area contributed by atoms with Crippen molar-refractivity contribution in [2.75, 3.05) is 27.1 Å². The molecule has 0 fully saturated rings. The Morgan fingerprint density at radius 2 is 2.23 bits per heavy atom. The van der Waals surface area contributed by atoms with Gasteiger partial charge >= 0.3 is 0 Å². The molecule has 3 nitrogen and oxygen atoms in total. The maximum Gasteiger partial charge on any atom is 0.188 e. The van der Waals surface area contributed by atoms with E-state index in [0.29, 0.717) is 20.0 Å². The SMILES string of the molecule is COCC1=C(\C)COCO\C(C)=C\1. The molecule has 0 N–H and O–H groups in total. The van der Waals surface area contributed by atoms with Crippen molar-refractivity contribution in [1.29, 1.82) is 0 Å². The van der Waals surface area contributed by atoms with Gasteiger partial charge in [0.2, 0.25) is 0 Å². The third-order valence-electron chi connectivity index (χ3n) is 1.91. The second-order valence-electron chi connectivity index (χ2n) is 3.10. The van der Waals surface area contributed by atoms with E-state index in [2.05, 4.69) is 0 Å². The van der Waals surface area contributed by atoms with Crippen molar-refractivity contribution in [3.63, 3.8) is 0 Å². The molecule has 0 aromatic heterocycles. The Bertz CT molecular complexity index is 228. The third-order valence-corrected chi connectivity index (χ3v) is 1.91. The van der Waals surface area contributed by atoms with Crippen LogP contribution in [0.3, 0.4) is 0 Å². The van der Waals surface area contributed by atoms with Gasteiger partial charge in [0.05, 0.1) is 19.0 Å². The van der Waals surface area contributed by atoms with Crippen LogP contribution in [-0.4, -0.2) is 27.1 Å². The predicted molar refractivity (Wildman–Crippen MR) is 50.2 cm³/mol. The molecule has 0 spiro atoms. The Kier molecular flexibility index (Phi) is 3.99. The molecule has 0 saturated heterocycles. The van der Waals surface area contributed by atoms with Gasteiger partial charge in [-0.2, -0.15) is 0 Å². The predicted octanol–water partition coefficient (Wildman–Crippen LogP) is 1.86. The van der Waals surface area contributed by atoms with Crippen molar-refractivity contribution in [3.8, 4) is 0 Å². The van der Waals surface area contributed by atoms with Crippen LogP contribution in [0.2, 0.25) is 0 Å². The molecule has 1 aliphatic rings. The quantitative estimate of drug-likeness (QED) is 0.655. The van der Waals surface area contributed by atoms with Crippen LogP contribution in [0.15, 0.2) is 23.0 Å². The van der Waals surface area contributed by atoms with E-state index in [0.717, 1.165) is 11.3 Å². The fraction of sp³-hybridized carbons (Fsp3) is 0.600. The van der Waals surface area contributed by atoms with E-state index < -0.39 is 0 Å². The highest BCUT2D eigenvalue weighted by atomic mass is 16.7. The van der Waals surface area contributed by atoms with Gasteiger partial charge in [-0.3, -0.25) is 0 Å². The monoisotopic (exact) mass is 184 g/mol. The maximum atomic E-state index is 5.26. The summed E-state index contributed by atoms with van der Waals surface area (Å²) in [5.74, 6) is 0.867. The molecule has 0 saturated carbocycles. The Balaban J connectivity index is 2.79. The highest BCUT2D eigenvalue weighted by Crippen LogP contribution is 2.13. The molecule has 0 bridgehead atoms. The van der Waals surface area contributed by atoms with E-state index >= 15 is 0 Å². The summed E-state index contributed by atoms with van der Waals surface area (Å²) in [4.78, 5) is 0. The Morgan fingerprint density at radius 3 is 2.92 bits per heavy atom. The lowest BCUT2D eigenvalue weighted by atomic mass is 10.1. The first-order valence-electron chi connectivity index (χ1n) is 4.30. The lowest BCUT2D eigenvalue weighted by Crippen LogP contribution is -2.08. The van der Waals surface area contributed by atoms with Crippen molar-refractivity contribution < 1.29 is 14.2 Å². The van der Waals surface area contributed by atoms with Gasteiger partial charge in [0, 0.05) is 7.11 Å². The van der Waals surface area contributed by atoms with Crippen LogP contribution in [0.5, 0.6) is 0 Å². The molecule has 3 heteroatoms. The van der Waals surface area contributed by atoms with Crippen molar-refractivity contribution in [2.24, 2.45) is 0 Å². The zero-order valence-electron chi connectivity index (χ0n) is 8.42. The molecule has 0 amide bonds. The zero-order valence-corrected chi connectivity index (χ0v) is 8.42. The number of hydrogen-bond donors (Lipinski definition) is 0. The summed E-state index contributed by atoms with van der Waals surface area (Å²) in [5.41, 5.74) is 2.34. The maximum absolute atomic E-state index is 5.26. The lowest BCUT2D eigenvalue weighted by Gasteiger charge is -2.15. The smallest absolute Gasteiger partial charge is 0.188 e. The summed E-state index contributed by atoms with van der Waals surface area (Å²) in [6.45, 7) is 5.51. The van der Waals surface area contributed by atoms with E-state index in [9.17, 15) is 0 Å². The summed E-state index contributed by atoms with van der Waals surface area (Å²) in [5, 5.41) is 0.